The number of aromatic nitrogens is 1. The molecule has 0 atom stereocenters. The largest absolute Gasteiger partial charge is 0.496 e. The zero-order valence-corrected chi connectivity index (χ0v) is 21.1. The molecule has 0 spiro atoms. The molecule has 0 saturated carbocycles. The first-order valence-electron chi connectivity index (χ1n) is 11.6. The second kappa shape index (κ2) is 12.7. The second-order valence-electron chi connectivity index (χ2n) is 8.50. The van der Waals surface area contributed by atoms with Crippen LogP contribution in [0.3, 0.4) is 0 Å². The first-order valence-corrected chi connectivity index (χ1v) is 11.6. The number of methoxy groups -OCH3 is 1. The van der Waals surface area contributed by atoms with Crippen molar-refractivity contribution in [2.24, 2.45) is 0 Å². The molecule has 0 aliphatic carbocycles. The fraction of sp³-hybridized carbons (Fsp3) is 0.250. The van der Waals surface area contributed by atoms with Crippen molar-refractivity contribution in [2.45, 2.75) is 25.6 Å². The maximum Gasteiger partial charge on any atom is 0.416 e. The van der Waals surface area contributed by atoms with E-state index in [0.717, 1.165) is 53.3 Å². The molecule has 4 aromatic rings. The number of anilines is 1. The molecule has 0 aliphatic rings. The van der Waals surface area contributed by atoms with Crippen molar-refractivity contribution in [1.29, 1.82) is 0 Å². The Kier molecular flexibility index (Phi) is 9.72. The normalized spacial score (nSPS) is 11.3. The van der Waals surface area contributed by atoms with E-state index < -0.39 is 11.7 Å². The molecule has 1 heterocycles. The quantitative estimate of drug-likeness (QED) is 0.170. The van der Waals surface area contributed by atoms with Gasteiger partial charge in [0, 0.05) is 35.9 Å². The van der Waals surface area contributed by atoms with E-state index in [-0.39, 0.29) is 18.2 Å². The summed E-state index contributed by atoms with van der Waals surface area (Å²) >= 11 is 0. The summed E-state index contributed by atoms with van der Waals surface area (Å²) in [7, 11) is 1.56. The highest BCUT2D eigenvalue weighted by Gasteiger charge is 2.30. The van der Waals surface area contributed by atoms with Crippen LogP contribution in [-0.2, 0) is 19.1 Å². The van der Waals surface area contributed by atoms with Gasteiger partial charge in [-0.2, -0.15) is 13.2 Å². The highest BCUT2D eigenvalue weighted by molar-refractivity contribution is 5.91. The number of rotatable bonds is 10. The van der Waals surface area contributed by atoms with Crippen LogP contribution in [0.1, 0.15) is 28.7 Å². The summed E-state index contributed by atoms with van der Waals surface area (Å²) in [5.41, 5.74) is 3.34. The average molecular weight is 534 g/mol. The fourth-order valence-electron chi connectivity index (χ4n) is 4.10. The summed E-state index contributed by atoms with van der Waals surface area (Å²) < 4.78 is 57.8. The molecular weight excluding hydrogens is 506 g/mol. The first-order chi connectivity index (χ1) is 17.3. The summed E-state index contributed by atoms with van der Waals surface area (Å²) in [6.45, 7) is 1.96. The molecule has 4 rings (SSSR count). The summed E-state index contributed by atoms with van der Waals surface area (Å²) in [5.74, 6) is 0.356. The molecule has 0 unspecified atom stereocenters. The van der Waals surface area contributed by atoms with Crippen LogP contribution in [0, 0.1) is 5.82 Å². The Morgan fingerprint density at radius 3 is 2.51 bits per heavy atom. The van der Waals surface area contributed by atoms with Crippen molar-refractivity contribution in [3.63, 3.8) is 0 Å². The number of nitrogens with one attached hydrogen (secondary N) is 2. The lowest BCUT2D eigenvalue weighted by Gasteiger charge is -2.12. The van der Waals surface area contributed by atoms with Gasteiger partial charge in [0.15, 0.2) is 0 Å². The van der Waals surface area contributed by atoms with E-state index >= 15 is 0 Å². The molecule has 0 amide bonds. The van der Waals surface area contributed by atoms with Crippen molar-refractivity contribution >= 4 is 29.0 Å². The number of fused-ring (bicyclic) bond motifs is 1. The van der Waals surface area contributed by atoms with Crippen molar-refractivity contribution in [1.82, 2.24) is 10.3 Å². The standard InChI is InChI=1S/C28H27F4N3O.ClH/c1-36-27-9-7-23(29)17-21(27)18-33-11-3-12-34-25-10-13-35-26-16-20(6-8-24(25)26)14-19-4-2-5-22(15-19)28(30,31)32;/h2,4-10,13,15-17,33H,3,11-12,14,18H2,1H3,(H,34,35);1H. The number of halogens is 5. The maximum atomic E-state index is 13.5. The minimum Gasteiger partial charge on any atom is -0.496 e. The Bertz CT molecular complexity index is 1330. The van der Waals surface area contributed by atoms with Crippen molar-refractivity contribution < 1.29 is 22.3 Å². The Labute approximate surface area is 219 Å². The van der Waals surface area contributed by atoms with Gasteiger partial charge in [-0.05, 0) is 66.9 Å². The lowest BCUT2D eigenvalue weighted by atomic mass is 10.0. The first kappa shape index (κ1) is 28.2. The topological polar surface area (TPSA) is 46.2 Å². The molecule has 3 aromatic carbocycles. The number of alkyl halides is 3. The minimum atomic E-state index is -4.36. The smallest absolute Gasteiger partial charge is 0.416 e. The minimum absolute atomic E-state index is 0. The van der Waals surface area contributed by atoms with Crippen molar-refractivity contribution in [3.05, 3.63) is 101 Å². The third kappa shape index (κ3) is 7.57. The lowest BCUT2D eigenvalue weighted by Crippen LogP contribution is -2.18. The molecule has 196 valence electrons. The van der Waals surface area contributed by atoms with Crippen LogP contribution in [0.5, 0.6) is 5.75 Å². The van der Waals surface area contributed by atoms with E-state index in [0.29, 0.717) is 24.3 Å². The van der Waals surface area contributed by atoms with Crippen LogP contribution in [0.2, 0.25) is 0 Å². The van der Waals surface area contributed by atoms with Gasteiger partial charge in [0.1, 0.15) is 11.6 Å². The van der Waals surface area contributed by atoms with E-state index in [4.69, 9.17) is 4.74 Å². The van der Waals surface area contributed by atoms with Gasteiger partial charge in [0.25, 0.3) is 0 Å². The number of ether oxygens (including phenoxy) is 1. The average Bonchev–Trinajstić information content (AvgIpc) is 2.86. The molecule has 0 radical (unpaired) electrons. The predicted octanol–water partition coefficient (Wildman–Crippen LogP) is 7.01. The third-order valence-corrected chi connectivity index (χ3v) is 5.87. The van der Waals surface area contributed by atoms with Gasteiger partial charge >= 0.3 is 6.18 Å². The SMILES string of the molecule is COc1ccc(F)cc1CNCCCNc1ccnc2cc(Cc3cccc(C(F)(F)F)c3)ccc12.Cl. The van der Waals surface area contributed by atoms with Gasteiger partial charge in [0.2, 0.25) is 0 Å². The number of nitrogens with zero attached hydrogens (tertiary/aromatic N) is 1. The molecule has 4 nitrogen and oxygen atoms in total. The molecule has 9 heteroatoms. The third-order valence-electron chi connectivity index (χ3n) is 5.87. The van der Waals surface area contributed by atoms with Crippen LogP contribution in [0.15, 0.2) is 72.9 Å². The van der Waals surface area contributed by atoms with E-state index in [9.17, 15) is 17.6 Å². The van der Waals surface area contributed by atoms with Gasteiger partial charge in [-0.1, -0.05) is 30.3 Å². The molecule has 1 aromatic heterocycles. The number of hydrogen-bond donors (Lipinski definition) is 2. The summed E-state index contributed by atoms with van der Waals surface area (Å²) in [5, 5.41) is 7.67. The summed E-state index contributed by atoms with van der Waals surface area (Å²) in [6.07, 6.45) is -1.41. The molecule has 37 heavy (non-hydrogen) atoms. The van der Waals surface area contributed by atoms with Crippen molar-refractivity contribution in [2.75, 3.05) is 25.5 Å². The van der Waals surface area contributed by atoms with E-state index in [1.807, 2.05) is 24.3 Å². The van der Waals surface area contributed by atoms with E-state index in [1.54, 1.807) is 25.4 Å². The van der Waals surface area contributed by atoms with Crippen LogP contribution >= 0.6 is 12.4 Å². The van der Waals surface area contributed by atoms with E-state index in [2.05, 4.69) is 15.6 Å². The van der Waals surface area contributed by atoms with Gasteiger partial charge in [-0.25, -0.2) is 4.39 Å². The molecule has 2 N–H and O–H groups in total. The molecule has 0 aliphatic heterocycles. The van der Waals surface area contributed by atoms with Gasteiger partial charge in [-0.3, -0.25) is 4.98 Å². The van der Waals surface area contributed by atoms with Crippen LogP contribution in [0.4, 0.5) is 23.2 Å². The highest BCUT2D eigenvalue weighted by atomic mass is 35.5. The Balaban J connectivity index is 0.00000380. The molecule has 0 fully saturated rings. The number of hydrogen-bond acceptors (Lipinski definition) is 4. The Morgan fingerprint density at radius 1 is 0.919 bits per heavy atom. The summed E-state index contributed by atoms with van der Waals surface area (Å²) in [4.78, 5) is 4.44. The van der Waals surface area contributed by atoms with Gasteiger partial charge < -0.3 is 15.4 Å². The van der Waals surface area contributed by atoms with Crippen molar-refractivity contribution in [3.8, 4) is 5.75 Å². The van der Waals surface area contributed by atoms with Gasteiger partial charge in [0.05, 0.1) is 18.2 Å². The van der Waals surface area contributed by atoms with Crippen LogP contribution < -0.4 is 15.4 Å². The second-order valence-corrected chi connectivity index (χ2v) is 8.50. The van der Waals surface area contributed by atoms with Crippen LogP contribution in [-0.4, -0.2) is 25.2 Å². The lowest BCUT2D eigenvalue weighted by molar-refractivity contribution is -0.137. The Morgan fingerprint density at radius 2 is 1.73 bits per heavy atom. The highest BCUT2D eigenvalue weighted by Crippen LogP contribution is 2.30. The zero-order chi connectivity index (χ0) is 25.5. The summed E-state index contributed by atoms with van der Waals surface area (Å²) in [6, 6.07) is 17.5. The molecular formula is C28H28ClF4N3O. The Hall–Kier alpha value is -3.36. The molecule has 0 bridgehead atoms. The predicted molar refractivity (Wildman–Crippen MR) is 141 cm³/mol. The van der Waals surface area contributed by atoms with Gasteiger partial charge in [-0.15, -0.1) is 12.4 Å². The zero-order valence-electron chi connectivity index (χ0n) is 20.2. The fourth-order valence-corrected chi connectivity index (χ4v) is 4.10. The van der Waals surface area contributed by atoms with E-state index in [1.165, 1.54) is 24.3 Å². The van der Waals surface area contributed by atoms with Crippen LogP contribution in [0.25, 0.3) is 10.9 Å². The maximum absolute atomic E-state index is 13.5. The number of pyridine rings is 1. The molecule has 0 saturated heterocycles. The monoisotopic (exact) mass is 533 g/mol. The number of benzene rings is 3.